The van der Waals surface area contributed by atoms with Crippen molar-refractivity contribution < 1.29 is 41.5 Å². The van der Waals surface area contributed by atoms with Crippen molar-refractivity contribution in [2.75, 3.05) is 0 Å². The molecule has 0 aromatic heterocycles. The Morgan fingerprint density at radius 2 is 1.31 bits per heavy atom. The monoisotopic (exact) mass is 416 g/mol. The van der Waals surface area contributed by atoms with Crippen molar-refractivity contribution in [3.8, 4) is 23.7 Å². The van der Waals surface area contributed by atoms with E-state index in [4.69, 9.17) is 0 Å². The van der Waals surface area contributed by atoms with Gasteiger partial charge in [-0.05, 0) is 54.4 Å². The van der Waals surface area contributed by atoms with Crippen LogP contribution in [0.2, 0.25) is 0 Å². The molecule has 3 rings (SSSR count). The second-order valence-corrected chi connectivity index (χ2v) is 5.45. The van der Waals surface area contributed by atoms with Crippen LogP contribution >= 0.6 is 0 Å². The first-order chi connectivity index (χ1) is 12.1. The zero-order chi connectivity index (χ0) is 17.6. The Morgan fingerprint density at radius 3 is 1.92 bits per heavy atom. The average molecular weight is 416 g/mol. The Balaban J connectivity index is 0.00000243. The summed E-state index contributed by atoms with van der Waals surface area (Å²) in [6, 6.07) is 19.3. The second-order valence-electron chi connectivity index (χ2n) is 5.45. The predicted molar refractivity (Wildman–Crippen MR) is 94.8 cm³/mol. The van der Waals surface area contributed by atoms with Gasteiger partial charge in [0.25, 0.3) is 0 Å². The molecule has 0 N–H and O–H groups in total. The van der Waals surface area contributed by atoms with Gasteiger partial charge in [0.2, 0.25) is 0 Å². The molecule has 0 saturated heterocycles. The fourth-order valence-corrected chi connectivity index (χ4v) is 2.10. The van der Waals surface area contributed by atoms with Crippen LogP contribution in [-0.2, 0) is 32.7 Å². The van der Waals surface area contributed by atoms with Gasteiger partial charge in [-0.1, -0.05) is 29.7 Å². The number of hydrogen-bond donors (Lipinski definition) is 0. The molecule has 0 unspecified atom stereocenters. The van der Waals surface area contributed by atoms with Gasteiger partial charge in [-0.2, -0.15) is 18.2 Å². The van der Waals surface area contributed by atoms with Crippen LogP contribution in [0.3, 0.4) is 0 Å². The van der Waals surface area contributed by atoms with Crippen LogP contribution in [0.15, 0.2) is 60.7 Å². The molecule has 0 nitrogen and oxygen atoms in total. The summed E-state index contributed by atoms with van der Waals surface area (Å²) in [4.78, 5) is 0. The summed E-state index contributed by atoms with van der Waals surface area (Å²) in [5.41, 5.74) is 3.12. The summed E-state index contributed by atoms with van der Waals surface area (Å²) in [6.45, 7) is 1.71. The summed E-state index contributed by atoms with van der Waals surface area (Å²) in [7, 11) is 0. The van der Waals surface area contributed by atoms with Gasteiger partial charge in [-0.15, -0.1) is 6.07 Å². The Morgan fingerprint density at radius 1 is 0.731 bits per heavy atom. The number of hydrogen-bond acceptors (Lipinski definition) is 0. The minimum absolute atomic E-state index is 0. The number of halogens is 2. The maximum Gasteiger partial charge on any atom is 0.127 e. The zero-order valence-electron chi connectivity index (χ0n) is 14.1. The van der Waals surface area contributed by atoms with Crippen molar-refractivity contribution in [2.45, 2.75) is 6.92 Å². The van der Waals surface area contributed by atoms with Crippen molar-refractivity contribution in [1.82, 2.24) is 0 Å². The van der Waals surface area contributed by atoms with Crippen molar-refractivity contribution >= 4 is 0 Å². The summed E-state index contributed by atoms with van der Waals surface area (Å²) in [5.74, 6) is 11.0. The van der Waals surface area contributed by atoms with E-state index in [0.717, 1.165) is 11.1 Å². The summed E-state index contributed by atoms with van der Waals surface area (Å²) >= 11 is 0. The molecule has 0 bridgehead atoms. The topological polar surface area (TPSA) is 0 Å². The summed E-state index contributed by atoms with van der Waals surface area (Å²) in [5, 5.41) is 0. The van der Waals surface area contributed by atoms with Crippen molar-refractivity contribution in [1.29, 1.82) is 0 Å². The first kappa shape index (κ1) is 20.1. The number of rotatable bonds is 0. The van der Waals surface area contributed by atoms with E-state index in [9.17, 15) is 8.78 Å². The molecule has 1 radical (unpaired) electrons. The molecule has 0 fully saturated rings. The Bertz CT molecular complexity index is 1030. The SMILES string of the molecule is Cc1ccc(C#Cc2ccc(C#Cc3cc[c-]cc3F)cc2)cc1F.[Y]. The molecule has 26 heavy (non-hydrogen) atoms. The van der Waals surface area contributed by atoms with E-state index in [-0.39, 0.29) is 44.3 Å². The molecule has 3 aromatic rings. The molecule has 0 aliphatic rings. The first-order valence-corrected chi connectivity index (χ1v) is 7.68. The molecule has 0 amide bonds. The Kier molecular flexibility index (Phi) is 7.29. The van der Waals surface area contributed by atoms with Gasteiger partial charge in [-0.3, -0.25) is 4.39 Å². The van der Waals surface area contributed by atoms with E-state index in [0.29, 0.717) is 16.7 Å². The van der Waals surface area contributed by atoms with Crippen LogP contribution in [0, 0.1) is 48.3 Å². The molecular weight excluding hydrogens is 403 g/mol. The molecule has 3 aromatic carbocycles. The van der Waals surface area contributed by atoms with E-state index in [1.165, 1.54) is 12.1 Å². The zero-order valence-corrected chi connectivity index (χ0v) is 16.9. The second kappa shape index (κ2) is 9.44. The molecule has 3 heteroatoms. The minimum Gasteiger partial charge on any atom is -0.283 e. The van der Waals surface area contributed by atoms with E-state index >= 15 is 0 Å². The van der Waals surface area contributed by atoms with Crippen LogP contribution in [-0.4, -0.2) is 0 Å². The average Bonchev–Trinajstić information content (AvgIpc) is 2.63. The third-order valence-corrected chi connectivity index (χ3v) is 3.56. The smallest absolute Gasteiger partial charge is 0.127 e. The molecule has 123 valence electrons. The van der Waals surface area contributed by atoms with Crippen molar-refractivity contribution in [3.05, 3.63) is 106 Å². The Hall–Kier alpha value is -2.26. The van der Waals surface area contributed by atoms with Crippen LogP contribution < -0.4 is 0 Å². The summed E-state index contributed by atoms with van der Waals surface area (Å²) in [6.07, 6.45) is 0. The standard InChI is InChI=1S/C23H13F2.Y/c1-17-6-7-20(16-23(17)25)13-12-18-8-10-19(11-9-18)14-15-21-4-2-3-5-22(21)24;/h2,4-11,16H,1H3;/q-1;. The molecule has 0 aliphatic heterocycles. The van der Waals surface area contributed by atoms with Crippen LogP contribution in [0.5, 0.6) is 0 Å². The fraction of sp³-hybridized carbons (Fsp3) is 0.0435. The summed E-state index contributed by atoms with van der Waals surface area (Å²) < 4.78 is 27.0. The van der Waals surface area contributed by atoms with Crippen LogP contribution in [0.25, 0.3) is 0 Å². The normalized spacial score (nSPS) is 9.19. The van der Waals surface area contributed by atoms with E-state index in [1.54, 1.807) is 31.2 Å². The van der Waals surface area contributed by atoms with Crippen molar-refractivity contribution in [3.63, 3.8) is 0 Å². The maximum absolute atomic E-state index is 13.5. The van der Waals surface area contributed by atoms with Gasteiger partial charge in [-0.25, -0.2) is 4.39 Å². The van der Waals surface area contributed by atoms with Crippen LogP contribution in [0.4, 0.5) is 8.78 Å². The molecular formula is C23H13F2Y-. The van der Waals surface area contributed by atoms with E-state index in [2.05, 4.69) is 29.7 Å². The molecule has 0 aliphatic carbocycles. The Labute approximate surface area is 177 Å². The fourth-order valence-electron chi connectivity index (χ4n) is 2.10. The third kappa shape index (κ3) is 5.37. The molecule has 0 spiro atoms. The van der Waals surface area contributed by atoms with E-state index in [1.807, 2.05) is 24.3 Å². The largest absolute Gasteiger partial charge is 0.283 e. The third-order valence-electron chi connectivity index (χ3n) is 3.56. The molecule has 0 heterocycles. The first-order valence-electron chi connectivity index (χ1n) is 7.68. The maximum atomic E-state index is 13.5. The van der Waals surface area contributed by atoms with Crippen molar-refractivity contribution in [2.24, 2.45) is 0 Å². The van der Waals surface area contributed by atoms with Gasteiger partial charge in [0.15, 0.2) is 0 Å². The number of aryl methyl sites for hydroxylation is 1. The molecule has 0 atom stereocenters. The van der Waals surface area contributed by atoms with Gasteiger partial charge < -0.3 is 0 Å². The predicted octanol–water partition coefficient (Wildman–Crippen LogP) is 4.87. The van der Waals surface area contributed by atoms with Gasteiger partial charge in [0, 0.05) is 55.2 Å². The van der Waals surface area contributed by atoms with Gasteiger partial charge >= 0.3 is 0 Å². The molecule has 0 saturated carbocycles. The van der Waals surface area contributed by atoms with Gasteiger partial charge in [0.1, 0.15) is 5.82 Å². The number of benzene rings is 3. The van der Waals surface area contributed by atoms with Crippen LogP contribution in [0.1, 0.15) is 27.8 Å². The minimum atomic E-state index is -0.386. The van der Waals surface area contributed by atoms with E-state index < -0.39 is 0 Å². The van der Waals surface area contributed by atoms with Gasteiger partial charge in [0.05, 0.1) is 0 Å². The quantitative estimate of drug-likeness (QED) is 0.363.